The van der Waals surface area contributed by atoms with E-state index in [4.69, 9.17) is 5.26 Å². The lowest BCUT2D eigenvalue weighted by Crippen LogP contribution is -2.35. The van der Waals surface area contributed by atoms with Gasteiger partial charge in [-0.1, -0.05) is 12.1 Å². The fourth-order valence-electron chi connectivity index (χ4n) is 1.66. The van der Waals surface area contributed by atoms with Gasteiger partial charge in [-0.3, -0.25) is 9.78 Å². The van der Waals surface area contributed by atoms with E-state index < -0.39 is 6.03 Å². The number of benzene rings is 1. The standard InChI is InChI=1S/C15H13N5O2/c16-8-11-4-1-2-6-13(11)20-15(22)18-10-14(21)19-12-5-3-7-17-9-12/h1-7,9H,10H2,(H,19,21)(H2,18,20,22). The minimum atomic E-state index is -0.566. The average Bonchev–Trinajstić information content (AvgIpc) is 2.54. The van der Waals surface area contributed by atoms with Crippen molar-refractivity contribution in [3.05, 3.63) is 54.4 Å². The molecule has 0 aliphatic carbocycles. The number of nitrogens with one attached hydrogen (secondary N) is 3. The van der Waals surface area contributed by atoms with Crippen LogP contribution in [0.5, 0.6) is 0 Å². The van der Waals surface area contributed by atoms with Crippen molar-refractivity contribution in [1.82, 2.24) is 10.3 Å². The van der Waals surface area contributed by atoms with Gasteiger partial charge in [-0.15, -0.1) is 0 Å². The molecule has 0 spiro atoms. The van der Waals surface area contributed by atoms with Crippen molar-refractivity contribution in [2.45, 2.75) is 0 Å². The number of nitrogens with zero attached hydrogens (tertiary/aromatic N) is 2. The molecule has 1 heterocycles. The Hall–Kier alpha value is -3.40. The van der Waals surface area contributed by atoms with E-state index >= 15 is 0 Å². The lowest BCUT2D eigenvalue weighted by molar-refractivity contribution is -0.115. The zero-order chi connectivity index (χ0) is 15.8. The van der Waals surface area contributed by atoms with Gasteiger partial charge < -0.3 is 16.0 Å². The Balaban J connectivity index is 1.83. The third-order valence-electron chi connectivity index (χ3n) is 2.65. The molecule has 0 fully saturated rings. The Kier molecular flexibility index (Phi) is 5.04. The van der Waals surface area contributed by atoms with E-state index in [0.717, 1.165) is 0 Å². The molecule has 3 N–H and O–H groups in total. The Morgan fingerprint density at radius 1 is 1.14 bits per heavy atom. The first-order valence-electron chi connectivity index (χ1n) is 6.43. The van der Waals surface area contributed by atoms with Gasteiger partial charge in [0.1, 0.15) is 6.07 Å². The summed E-state index contributed by atoms with van der Waals surface area (Å²) < 4.78 is 0. The van der Waals surface area contributed by atoms with Crippen molar-refractivity contribution in [1.29, 1.82) is 5.26 Å². The summed E-state index contributed by atoms with van der Waals surface area (Å²) >= 11 is 0. The van der Waals surface area contributed by atoms with Crippen LogP contribution in [0.25, 0.3) is 0 Å². The fourth-order valence-corrected chi connectivity index (χ4v) is 1.66. The number of para-hydroxylation sites is 1. The number of rotatable bonds is 4. The van der Waals surface area contributed by atoms with Crippen LogP contribution in [0.1, 0.15) is 5.56 Å². The molecule has 3 amide bonds. The molecule has 7 nitrogen and oxygen atoms in total. The molecule has 110 valence electrons. The summed E-state index contributed by atoms with van der Waals surface area (Å²) in [5.74, 6) is -0.378. The van der Waals surface area contributed by atoms with E-state index in [2.05, 4.69) is 20.9 Å². The highest BCUT2D eigenvalue weighted by atomic mass is 16.2. The third kappa shape index (κ3) is 4.31. The molecule has 0 unspecified atom stereocenters. The first-order chi connectivity index (χ1) is 10.7. The Morgan fingerprint density at radius 2 is 1.95 bits per heavy atom. The topological polar surface area (TPSA) is 107 Å². The number of amides is 3. The number of nitriles is 1. The molecule has 1 aromatic carbocycles. The SMILES string of the molecule is N#Cc1ccccc1NC(=O)NCC(=O)Nc1cccnc1. The van der Waals surface area contributed by atoms with Crippen LogP contribution < -0.4 is 16.0 Å². The summed E-state index contributed by atoms with van der Waals surface area (Å²) in [5, 5.41) is 16.4. The molecule has 7 heteroatoms. The van der Waals surface area contributed by atoms with E-state index in [9.17, 15) is 9.59 Å². The molecule has 0 saturated heterocycles. The van der Waals surface area contributed by atoms with Crippen molar-refractivity contribution in [3.63, 3.8) is 0 Å². The van der Waals surface area contributed by atoms with E-state index in [-0.39, 0.29) is 12.5 Å². The number of urea groups is 1. The number of hydrogen-bond acceptors (Lipinski definition) is 4. The van der Waals surface area contributed by atoms with Gasteiger partial charge in [0, 0.05) is 6.20 Å². The number of pyridine rings is 1. The molecule has 2 aromatic rings. The summed E-state index contributed by atoms with van der Waals surface area (Å²) in [6, 6.07) is 11.4. The number of anilines is 2. The van der Waals surface area contributed by atoms with Gasteiger partial charge in [0.05, 0.1) is 29.7 Å². The molecular weight excluding hydrogens is 282 g/mol. The minimum absolute atomic E-state index is 0.199. The average molecular weight is 295 g/mol. The lowest BCUT2D eigenvalue weighted by atomic mass is 10.2. The van der Waals surface area contributed by atoms with Gasteiger partial charge in [0.25, 0.3) is 0 Å². The van der Waals surface area contributed by atoms with Crippen LogP contribution in [0.4, 0.5) is 16.2 Å². The van der Waals surface area contributed by atoms with E-state index in [1.54, 1.807) is 42.6 Å². The highest BCUT2D eigenvalue weighted by Crippen LogP contribution is 2.12. The van der Waals surface area contributed by atoms with Gasteiger partial charge in [0.15, 0.2) is 0 Å². The maximum absolute atomic E-state index is 11.7. The molecular formula is C15H13N5O2. The quantitative estimate of drug-likeness (QED) is 0.798. The predicted molar refractivity (Wildman–Crippen MR) is 81.0 cm³/mol. The van der Waals surface area contributed by atoms with Gasteiger partial charge in [-0.25, -0.2) is 4.79 Å². The predicted octanol–water partition coefficient (Wildman–Crippen LogP) is 1.71. The van der Waals surface area contributed by atoms with Crippen LogP contribution in [0.2, 0.25) is 0 Å². The first-order valence-corrected chi connectivity index (χ1v) is 6.43. The molecule has 0 radical (unpaired) electrons. The Morgan fingerprint density at radius 3 is 2.68 bits per heavy atom. The zero-order valence-corrected chi connectivity index (χ0v) is 11.5. The minimum Gasteiger partial charge on any atom is -0.329 e. The summed E-state index contributed by atoms with van der Waals surface area (Å²) in [7, 11) is 0. The van der Waals surface area contributed by atoms with Crippen molar-refractivity contribution >= 4 is 23.3 Å². The number of carbonyl (C=O) groups excluding carboxylic acids is 2. The molecule has 22 heavy (non-hydrogen) atoms. The monoisotopic (exact) mass is 295 g/mol. The maximum atomic E-state index is 11.7. The Labute approximate surface area is 127 Å². The van der Waals surface area contributed by atoms with Crippen LogP contribution in [0.15, 0.2) is 48.8 Å². The van der Waals surface area contributed by atoms with Crippen LogP contribution >= 0.6 is 0 Å². The Bertz CT molecular complexity index is 709. The highest BCUT2D eigenvalue weighted by molar-refractivity contribution is 5.97. The smallest absolute Gasteiger partial charge is 0.319 e. The van der Waals surface area contributed by atoms with Crippen LogP contribution in [-0.2, 0) is 4.79 Å². The van der Waals surface area contributed by atoms with Crippen molar-refractivity contribution < 1.29 is 9.59 Å². The third-order valence-corrected chi connectivity index (χ3v) is 2.65. The van der Waals surface area contributed by atoms with Gasteiger partial charge in [-0.2, -0.15) is 5.26 Å². The molecule has 0 bridgehead atoms. The van der Waals surface area contributed by atoms with Crippen molar-refractivity contribution in [2.75, 3.05) is 17.2 Å². The number of aromatic nitrogens is 1. The largest absolute Gasteiger partial charge is 0.329 e. The summed E-state index contributed by atoms with van der Waals surface area (Å²) in [5.41, 5.74) is 1.28. The number of carbonyl (C=O) groups is 2. The zero-order valence-electron chi connectivity index (χ0n) is 11.5. The molecule has 0 aliphatic heterocycles. The molecule has 2 rings (SSSR count). The second-order valence-electron chi connectivity index (χ2n) is 4.25. The fraction of sp³-hybridized carbons (Fsp3) is 0.0667. The molecule has 0 aliphatic rings. The van der Waals surface area contributed by atoms with Crippen LogP contribution in [0.3, 0.4) is 0 Å². The molecule has 0 saturated carbocycles. The molecule has 1 aromatic heterocycles. The van der Waals surface area contributed by atoms with Crippen LogP contribution in [-0.4, -0.2) is 23.5 Å². The normalized spacial score (nSPS) is 9.41. The van der Waals surface area contributed by atoms with E-state index in [1.807, 2.05) is 6.07 Å². The van der Waals surface area contributed by atoms with Gasteiger partial charge in [0.2, 0.25) is 5.91 Å². The van der Waals surface area contributed by atoms with Crippen LogP contribution in [0, 0.1) is 11.3 Å². The summed E-state index contributed by atoms with van der Waals surface area (Å²) in [4.78, 5) is 27.2. The lowest BCUT2D eigenvalue weighted by Gasteiger charge is -2.09. The van der Waals surface area contributed by atoms with Gasteiger partial charge in [-0.05, 0) is 24.3 Å². The second kappa shape index (κ2) is 7.40. The highest BCUT2D eigenvalue weighted by Gasteiger charge is 2.08. The van der Waals surface area contributed by atoms with E-state index in [0.29, 0.717) is 16.9 Å². The van der Waals surface area contributed by atoms with Gasteiger partial charge >= 0.3 is 6.03 Å². The van der Waals surface area contributed by atoms with Crippen molar-refractivity contribution in [2.24, 2.45) is 0 Å². The summed E-state index contributed by atoms with van der Waals surface area (Å²) in [6.07, 6.45) is 3.09. The van der Waals surface area contributed by atoms with E-state index in [1.165, 1.54) is 6.20 Å². The second-order valence-corrected chi connectivity index (χ2v) is 4.25. The molecule has 0 atom stereocenters. The first kappa shape index (κ1) is 15.0. The van der Waals surface area contributed by atoms with Crippen molar-refractivity contribution in [3.8, 4) is 6.07 Å². The maximum Gasteiger partial charge on any atom is 0.319 e. The summed E-state index contributed by atoms with van der Waals surface area (Å²) in [6.45, 7) is -0.199. The number of hydrogen-bond donors (Lipinski definition) is 3.